The Labute approximate surface area is 200 Å². The first-order chi connectivity index (χ1) is 16.1. The number of hydrogen-bond donors (Lipinski definition) is 1. The van der Waals surface area contributed by atoms with Crippen molar-refractivity contribution >= 4 is 34.4 Å². The smallest absolute Gasteiger partial charge is 0.219 e. The highest BCUT2D eigenvalue weighted by Crippen LogP contribution is 2.32. The van der Waals surface area contributed by atoms with E-state index in [0.29, 0.717) is 6.04 Å². The Balaban J connectivity index is 1.44. The summed E-state index contributed by atoms with van der Waals surface area (Å²) in [7, 11) is 0. The molecule has 3 aromatic rings. The number of nitrogens with zero attached hydrogens (tertiary/aromatic N) is 3. The van der Waals surface area contributed by atoms with Crippen molar-refractivity contribution in [1.29, 1.82) is 0 Å². The molecule has 2 aromatic carbocycles. The second kappa shape index (κ2) is 9.74. The molecule has 2 aliphatic rings. The average molecular weight is 461 g/mol. The number of hydrogen-bond acceptors (Lipinski definition) is 5. The minimum absolute atomic E-state index is 0.156. The number of carbonyl (C=O) groups excluding carboxylic acids is 1. The molecule has 1 amide bonds. The average Bonchev–Trinajstić information content (AvgIpc) is 2.86. The van der Waals surface area contributed by atoms with Crippen LogP contribution in [0, 0.1) is 0 Å². The third kappa shape index (κ3) is 4.73. The van der Waals surface area contributed by atoms with Crippen LogP contribution in [0.15, 0.2) is 53.4 Å². The van der Waals surface area contributed by atoms with Crippen molar-refractivity contribution in [1.82, 2.24) is 15.2 Å². The van der Waals surface area contributed by atoms with E-state index in [9.17, 15) is 4.79 Å². The minimum Gasteiger partial charge on any atom is -0.353 e. The fourth-order valence-corrected chi connectivity index (χ4v) is 5.58. The number of aryl methyl sites for hydroxylation is 1. The number of thioether (sulfide) groups is 1. The summed E-state index contributed by atoms with van der Waals surface area (Å²) in [5.74, 6) is 1.21. The van der Waals surface area contributed by atoms with Crippen LogP contribution in [-0.2, 0) is 17.8 Å². The number of amides is 1. The molecule has 0 unspecified atom stereocenters. The van der Waals surface area contributed by atoms with Crippen molar-refractivity contribution in [2.24, 2.45) is 0 Å². The summed E-state index contributed by atoms with van der Waals surface area (Å²) in [6.07, 6.45) is 5.67. The molecular formula is C27H32N4OS. The van der Waals surface area contributed by atoms with E-state index in [1.807, 2.05) is 4.90 Å². The van der Waals surface area contributed by atoms with Gasteiger partial charge in [0.2, 0.25) is 5.91 Å². The van der Waals surface area contributed by atoms with Crippen LogP contribution in [0.3, 0.4) is 0 Å². The lowest BCUT2D eigenvalue weighted by Crippen LogP contribution is -2.48. The van der Waals surface area contributed by atoms with Gasteiger partial charge in [-0.3, -0.25) is 4.79 Å². The number of pyridine rings is 1. The molecule has 0 radical (unpaired) electrons. The molecule has 1 atom stereocenters. The molecule has 1 aromatic heterocycles. The second-order valence-corrected chi connectivity index (χ2v) is 9.93. The van der Waals surface area contributed by atoms with Gasteiger partial charge in [0, 0.05) is 61.5 Å². The van der Waals surface area contributed by atoms with Gasteiger partial charge in [-0.2, -0.15) is 0 Å². The Hall–Kier alpha value is -2.57. The lowest BCUT2D eigenvalue weighted by Gasteiger charge is -2.36. The fraction of sp³-hybridized carbons (Fsp3) is 0.407. The molecule has 0 bridgehead atoms. The number of carbonyl (C=O) groups is 1. The van der Waals surface area contributed by atoms with Gasteiger partial charge in [0.1, 0.15) is 5.82 Å². The van der Waals surface area contributed by atoms with E-state index in [0.717, 1.165) is 44.1 Å². The summed E-state index contributed by atoms with van der Waals surface area (Å²) < 4.78 is 0. The van der Waals surface area contributed by atoms with Crippen molar-refractivity contribution in [2.45, 2.75) is 43.7 Å². The largest absolute Gasteiger partial charge is 0.353 e. The highest BCUT2D eigenvalue weighted by atomic mass is 32.2. The van der Waals surface area contributed by atoms with E-state index in [2.05, 4.69) is 65.0 Å². The lowest BCUT2D eigenvalue weighted by molar-refractivity contribution is -0.129. The number of piperazine rings is 1. The van der Waals surface area contributed by atoms with Gasteiger partial charge in [0.15, 0.2) is 0 Å². The predicted octanol–water partition coefficient (Wildman–Crippen LogP) is 4.79. The fourth-order valence-electron chi connectivity index (χ4n) is 5.14. The Kier molecular flexibility index (Phi) is 6.56. The zero-order valence-electron chi connectivity index (χ0n) is 19.5. The van der Waals surface area contributed by atoms with Gasteiger partial charge in [0.25, 0.3) is 0 Å². The molecule has 1 aliphatic carbocycles. The second-order valence-electron chi connectivity index (χ2n) is 9.05. The molecule has 5 rings (SSSR count). The van der Waals surface area contributed by atoms with Crippen LogP contribution in [0.1, 0.15) is 42.5 Å². The van der Waals surface area contributed by atoms with E-state index < -0.39 is 0 Å². The van der Waals surface area contributed by atoms with Gasteiger partial charge in [-0.25, -0.2) is 4.98 Å². The monoisotopic (exact) mass is 460 g/mol. The van der Waals surface area contributed by atoms with Crippen LogP contribution < -0.4 is 10.2 Å². The summed E-state index contributed by atoms with van der Waals surface area (Å²) in [5.41, 5.74) is 5.19. The molecule has 33 heavy (non-hydrogen) atoms. The number of fused-ring (bicyclic) bond motifs is 2. The summed E-state index contributed by atoms with van der Waals surface area (Å²) in [6.45, 7) is 5.59. The molecule has 0 spiro atoms. The van der Waals surface area contributed by atoms with Gasteiger partial charge >= 0.3 is 0 Å². The first kappa shape index (κ1) is 22.2. The van der Waals surface area contributed by atoms with Crippen molar-refractivity contribution in [3.63, 3.8) is 0 Å². The number of benzene rings is 2. The van der Waals surface area contributed by atoms with Gasteiger partial charge in [-0.15, -0.1) is 11.8 Å². The molecule has 5 nitrogen and oxygen atoms in total. The van der Waals surface area contributed by atoms with Crippen LogP contribution in [0.2, 0.25) is 0 Å². The normalized spacial score (nSPS) is 18.4. The maximum absolute atomic E-state index is 11.8. The van der Waals surface area contributed by atoms with E-state index >= 15 is 0 Å². The van der Waals surface area contributed by atoms with Gasteiger partial charge in [-0.1, -0.05) is 30.3 Å². The number of anilines is 1. The molecule has 1 fully saturated rings. The van der Waals surface area contributed by atoms with Crippen molar-refractivity contribution < 1.29 is 4.79 Å². The van der Waals surface area contributed by atoms with Gasteiger partial charge in [0.05, 0.1) is 5.52 Å². The van der Waals surface area contributed by atoms with E-state index in [1.165, 1.54) is 46.2 Å². The summed E-state index contributed by atoms with van der Waals surface area (Å²) in [4.78, 5) is 22.5. The first-order valence-corrected chi connectivity index (χ1v) is 13.1. The molecule has 2 heterocycles. The predicted molar refractivity (Wildman–Crippen MR) is 137 cm³/mol. The SMILES string of the molecule is CSc1ccc2cc(CN[C@@H]3CCCc4ccccc43)c(N3CCN(C(C)=O)CC3)nc2c1. The van der Waals surface area contributed by atoms with Crippen LogP contribution in [0.4, 0.5) is 5.82 Å². The van der Waals surface area contributed by atoms with Crippen molar-refractivity contribution in [3.8, 4) is 0 Å². The summed E-state index contributed by atoms with van der Waals surface area (Å²) in [5, 5.41) is 5.03. The molecule has 1 aliphatic heterocycles. The quantitative estimate of drug-likeness (QED) is 0.555. The maximum atomic E-state index is 11.8. The van der Waals surface area contributed by atoms with E-state index in [1.54, 1.807) is 18.7 Å². The van der Waals surface area contributed by atoms with Crippen LogP contribution >= 0.6 is 11.8 Å². The Morgan fingerprint density at radius 1 is 1.12 bits per heavy atom. The maximum Gasteiger partial charge on any atom is 0.219 e. The van der Waals surface area contributed by atoms with Gasteiger partial charge in [-0.05, 0) is 54.8 Å². The van der Waals surface area contributed by atoms with E-state index in [4.69, 9.17) is 4.98 Å². The summed E-state index contributed by atoms with van der Waals surface area (Å²) in [6, 6.07) is 18.1. The zero-order valence-corrected chi connectivity index (χ0v) is 20.3. The Bertz CT molecular complexity index is 1160. The highest BCUT2D eigenvalue weighted by Gasteiger charge is 2.24. The Morgan fingerprint density at radius 2 is 1.94 bits per heavy atom. The Morgan fingerprint density at radius 3 is 2.73 bits per heavy atom. The third-order valence-electron chi connectivity index (χ3n) is 7.01. The van der Waals surface area contributed by atoms with Gasteiger partial charge < -0.3 is 15.1 Å². The lowest BCUT2D eigenvalue weighted by atomic mass is 9.87. The number of rotatable bonds is 5. The topological polar surface area (TPSA) is 48.5 Å². The molecule has 6 heteroatoms. The van der Waals surface area contributed by atoms with Crippen molar-refractivity contribution in [2.75, 3.05) is 37.3 Å². The summed E-state index contributed by atoms with van der Waals surface area (Å²) >= 11 is 1.75. The molecular weight excluding hydrogens is 428 g/mol. The molecule has 1 N–H and O–H groups in total. The third-order valence-corrected chi connectivity index (χ3v) is 7.74. The first-order valence-electron chi connectivity index (χ1n) is 11.9. The van der Waals surface area contributed by atoms with Crippen LogP contribution in [0.25, 0.3) is 10.9 Å². The molecule has 0 saturated carbocycles. The van der Waals surface area contributed by atoms with Crippen LogP contribution in [0.5, 0.6) is 0 Å². The molecule has 1 saturated heterocycles. The van der Waals surface area contributed by atoms with Crippen LogP contribution in [-0.4, -0.2) is 48.2 Å². The van der Waals surface area contributed by atoms with E-state index in [-0.39, 0.29) is 5.91 Å². The number of aromatic nitrogens is 1. The minimum atomic E-state index is 0.156. The highest BCUT2D eigenvalue weighted by molar-refractivity contribution is 7.98. The molecule has 172 valence electrons. The number of nitrogens with one attached hydrogen (secondary N) is 1. The van der Waals surface area contributed by atoms with Crippen molar-refractivity contribution in [3.05, 3.63) is 65.2 Å². The zero-order chi connectivity index (χ0) is 22.8. The standard InChI is InChI=1S/C27H32N4OS/c1-19(32)30-12-14-31(15-13-30)27-22(16-21-10-11-23(33-2)17-26(21)29-27)18-28-25-9-5-7-20-6-3-4-8-24(20)25/h3-4,6,8,10-11,16-17,25,28H,5,7,9,12-15,18H2,1-2H3/t25-/m1/s1.